The molecule has 36 heavy (non-hydrogen) atoms. The van der Waals surface area contributed by atoms with Crippen LogP contribution in [0.5, 0.6) is 0 Å². The number of carbonyl (C=O) groups excluding carboxylic acids is 2. The van der Waals surface area contributed by atoms with E-state index in [0.717, 1.165) is 22.2 Å². The predicted molar refractivity (Wildman–Crippen MR) is 135 cm³/mol. The molecule has 0 aliphatic carbocycles. The number of amides is 2. The first-order valence-electron chi connectivity index (χ1n) is 11.7. The standard InChI is InChI=1S/C26H26N6O3S/c1-19(33)30-12-14-31(15-13-30)25(34)22-17-35-24(27-22)18-36-26-29-28-23(16-20-8-4-2-5-9-20)32(26)21-10-6-3-7-11-21/h2-11,17H,12-16,18H2,1H3. The lowest BCUT2D eigenvalue weighted by Gasteiger charge is -2.33. The summed E-state index contributed by atoms with van der Waals surface area (Å²) in [5.41, 5.74) is 2.40. The number of piperazine rings is 1. The van der Waals surface area contributed by atoms with Gasteiger partial charge in [0, 0.05) is 45.2 Å². The Labute approximate surface area is 213 Å². The summed E-state index contributed by atoms with van der Waals surface area (Å²) >= 11 is 1.45. The van der Waals surface area contributed by atoms with Crippen molar-refractivity contribution in [2.24, 2.45) is 0 Å². The van der Waals surface area contributed by atoms with Crippen molar-refractivity contribution < 1.29 is 14.0 Å². The summed E-state index contributed by atoms with van der Waals surface area (Å²) in [4.78, 5) is 32.2. The summed E-state index contributed by atoms with van der Waals surface area (Å²) in [6.45, 7) is 3.58. The molecule has 5 rings (SSSR count). The van der Waals surface area contributed by atoms with E-state index in [1.807, 2.05) is 53.1 Å². The Morgan fingerprint density at radius 3 is 2.28 bits per heavy atom. The normalized spacial score (nSPS) is 13.7. The molecule has 0 unspecified atom stereocenters. The second-order valence-electron chi connectivity index (χ2n) is 8.45. The van der Waals surface area contributed by atoms with Crippen LogP contribution in [0.1, 0.15) is 34.7 Å². The minimum Gasteiger partial charge on any atom is -0.447 e. The van der Waals surface area contributed by atoms with Gasteiger partial charge in [-0.2, -0.15) is 0 Å². The number of hydrogen-bond donors (Lipinski definition) is 0. The molecule has 1 aliphatic heterocycles. The molecule has 3 heterocycles. The number of aromatic nitrogens is 4. The number of thioether (sulfide) groups is 1. The van der Waals surface area contributed by atoms with Crippen LogP contribution in [0.4, 0.5) is 0 Å². The van der Waals surface area contributed by atoms with Crippen LogP contribution in [0, 0.1) is 0 Å². The fourth-order valence-corrected chi connectivity index (χ4v) is 4.93. The van der Waals surface area contributed by atoms with Gasteiger partial charge in [-0.25, -0.2) is 4.98 Å². The van der Waals surface area contributed by atoms with Gasteiger partial charge in [0.25, 0.3) is 5.91 Å². The first kappa shape index (κ1) is 23.8. The molecule has 2 aromatic carbocycles. The lowest BCUT2D eigenvalue weighted by molar-refractivity contribution is -0.130. The molecule has 0 radical (unpaired) electrons. The average Bonchev–Trinajstić information content (AvgIpc) is 3.55. The van der Waals surface area contributed by atoms with Crippen LogP contribution < -0.4 is 0 Å². The van der Waals surface area contributed by atoms with Crippen LogP contribution in [0.2, 0.25) is 0 Å². The largest absolute Gasteiger partial charge is 0.447 e. The maximum absolute atomic E-state index is 12.8. The third-order valence-electron chi connectivity index (χ3n) is 6.03. The van der Waals surface area contributed by atoms with Gasteiger partial charge in [0.15, 0.2) is 10.9 Å². The van der Waals surface area contributed by atoms with Crippen molar-refractivity contribution in [3.63, 3.8) is 0 Å². The summed E-state index contributed by atoms with van der Waals surface area (Å²) in [7, 11) is 0. The van der Waals surface area contributed by atoms with Gasteiger partial charge in [-0.05, 0) is 17.7 Å². The number of nitrogens with zero attached hydrogens (tertiary/aromatic N) is 6. The Kier molecular flexibility index (Phi) is 7.13. The Morgan fingerprint density at radius 2 is 1.58 bits per heavy atom. The minimum atomic E-state index is -0.184. The zero-order valence-corrected chi connectivity index (χ0v) is 20.7. The van der Waals surface area contributed by atoms with Gasteiger partial charge in [-0.1, -0.05) is 60.3 Å². The summed E-state index contributed by atoms with van der Waals surface area (Å²) in [6.07, 6.45) is 2.05. The monoisotopic (exact) mass is 502 g/mol. The Bertz CT molecular complexity index is 1330. The van der Waals surface area contributed by atoms with E-state index in [4.69, 9.17) is 4.42 Å². The van der Waals surface area contributed by atoms with Crippen LogP contribution in [0.25, 0.3) is 5.69 Å². The third kappa shape index (κ3) is 5.33. The highest BCUT2D eigenvalue weighted by Gasteiger charge is 2.25. The molecule has 2 aromatic heterocycles. The van der Waals surface area contributed by atoms with Crippen LogP contribution in [-0.2, 0) is 17.0 Å². The maximum atomic E-state index is 12.8. The molecule has 10 heteroatoms. The second-order valence-corrected chi connectivity index (χ2v) is 9.39. The summed E-state index contributed by atoms with van der Waals surface area (Å²) in [5.74, 6) is 1.52. The van der Waals surface area contributed by atoms with Crippen molar-refractivity contribution in [2.75, 3.05) is 26.2 Å². The second kappa shape index (κ2) is 10.8. The molecule has 1 saturated heterocycles. The molecular weight excluding hydrogens is 476 g/mol. The molecule has 2 amide bonds. The van der Waals surface area contributed by atoms with Gasteiger partial charge in [0.1, 0.15) is 12.1 Å². The Hall–Kier alpha value is -3.92. The zero-order valence-electron chi connectivity index (χ0n) is 19.9. The highest BCUT2D eigenvalue weighted by molar-refractivity contribution is 7.98. The molecule has 0 spiro atoms. The number of rotatable bonds is 7. The fraction of sp³-hybridized carbons (Fsp3) is 0.269. The van der Waals surface area contributed by atoms with E-state index in [1.165, 1.54) is 18.0 Å². The molecule has 9 nitrogen and oxygen atoms in total. The number of benzene rings is 2. The minimum absolute atomic E-state index is 0.0260. The van der Waals surface area contributed by atoms with Crippen LogP contribution in [0.3, 0.4) is 0 Å². The summed E-state index contributed by atoms with van der Waals surface area (Å²) < 4.78 is 7.65. The summed E-state index contributed by atoms with van der Waals surface area (Å²) in [6, 6.07) is 20.2. The third-order valence-corrected chi connectivity index (χ3v) is 6.94. The van der Waals surface area contributed by atoms with Crippen molar-refractivity contribution >= 4 is 23.6 Å². The topological polar surface area (TPSA) is 97.4 Å². The van der Waals surface area contributed by atoms with Crippen LogP contribution in [0.15, 0.2) is 76.5 Å². The van der Waals surface area contributed by atoms with Crippen LogP contribution in [-0.4, -0.2) is 67.5 Å². The van der Waals surface area contributed by atoms with E-state index in [1.54, 1.807) is 16.7 Å². The Balaban J connectivity index is 1.28. The van der Waals surface area contributed by atoms with E-state index in [0.29, 0.717) is 44.2 Å². The molecule has 184 valence electrons. The van der Waals surface area contributed by atoms with E-state index < -0.39 is 0 Å². The lowest BCUT2D eigenvalue weighted by atomic mass is 10.1. The number of oxazole rings is 1. The fourth-order valence-electron chi connectivity index (χ4n) is 4.11. The Morgan fingerprint density at radius 1 is 0.917 bits per heavy atom. The van der Waals surface area contributed by atoms with Crippen molar-refractivity contribution in [1.82, 2.24) is 29.5 Å². The number of hydrogen-bond acceptors (Lipinski definition) is 7. The molecule has 0 N–H and O–H groups in total. The molecule has 1 aliphatic rings. The van der Waals surface area contributed by atoms with Crippen molar-refractivity contribution in [3.8, 4) is 5.69 Å². The number of carbonyl (C=O) groups is 2. The molecule has 0 bridgehead atoms. The van der Waals surface area contributed by atoms with Gasteiger partial charge < -0.3 is 14.2 Å². The van der Waals surface area contributed by atoms with Crippen molar-refractivity contribution in [3.05, 3.63) is 89.9 Å². The maximum Gasteiger partial charge on any atom is 0.275 e. The molecule has 0 atom stereocenters. The SMILES string of the molecule is CC(=O)N1CCN(C(=O)c2coc(CSc3nnc(Cc4ccccc4)n3-c3ccccc3)n2)CC1. The highest BCUT2D eigenvalue weighted by atomic mass is 32.2. The molecule has 4 aromatic rings. The van der Waals surface area contributed by atoms with Gasteiger partial charge in [0.2, 0.25) is 11.8 Å². The molecular formula is C26H26N6O3S. The number of para-hydroxylation sites is 1. The van der Waals surface area contributed by atoms with E-state index in [2.05, 4.69) is 27.3 Å². The first-order chi connectivity index (χ1) is 17.6. The highest BCUT2D eigenvalue weighted by Crippen LogP contribution is 2.26. The van der Waals surface area contributed by atoms with E-state index in [-0.39, 0.29) is 17.5 Å². The van der Waals surface area contributed by atoms with E-state index in [9.17, 15) is 9.59 Å². The van der Waals surface area contributed by atoms with Gasteiger partial charge in [-0.15, -0.1) is 10.2 Å². The molecule has 0 saturated carbocycles. The smallest absolute Gasteiger partial charge is 0.275 e. The predicted octanol–water partition coefficient (Wildman–Crippen LogP) is 3.44. The first-order valence-corrected chi connectivity index (χ1v) is 12.7. The quantitative estimate of drug-likeness (QED) is 0.357. The van der Waals surface area contributed by atoms with Gasteiger partial charge >= 0.3 is 0 Å². The summed E-state index contributed by atoms with van der Waals surface area (Å²) in [5, 5.41) is 9.63. The van der Waals surface area contributed by atoms with E-state index >= 15 is 0 Å². The van der Waals surface area contributed by atoms with Crippen molar-refractivity contribution in [1.29, 1.82) is 0 Å². The van der Waals surface area contributed by atoms with Gasteiger partial charge in [-0.3, -0.25) is 14.2 Å². The van der Waals surface area contributed by atoms with Crippen molar-refractivity contribution in [2.45, 2.75) is 24.3 Å². The zero-order chi connectivity index (χ0) is 24.9. The van der Waals surface area contributed by atoms with Gasteiger partial charge in [0.05, 0.1) is 5.75 Å². The average molecular weight is 503 g/mol. The lowest BCUT2D eigenvalue weighted by Crippen LogP contribution is -2.50. The molecule has 1 fully saturated rings. The van der Waals surface area contributed by atoms with Crippen LogP contribution >= 0.6 is 11.8 Å².